The van der Waals surface area contributed by atoms with E-state index in [1.54, 1.807) is 0 Å². The molecule has 0 saturated heterocycles. The van der Waals surface area contributed by atoms with Crippen molar-refractivity contribution in [3.63, 3.8) is 0 Å². The summed E-state index contributed by atoms with van der Waals surface area (Å²) in [4.78, 5) is 25.9. The first-order valence-corrected chi connectivity index (χ1v) is 9.80. The maximum Gasteiger partial charge on any atom is 0.330 e. The molecule has 0 aliphatic rings. The van der Waals surface area contributed by atoms with Crippen molar-refractivity contribution in [3.8, 4) is 10.7 Å². The van der Waals surface area contributed by atoms with Gasteiger partial charge in [0.15, 0.2) is 13.2 Å². The first-order chi connectivity index (χ1) is 13.5. The number of benzene rings is 1. The van der Waals surface area contributed by atoms with E-state index >= 15 is 0 Å². The molecule has 3 aromatic rings. The molecule has 1 N–H and O–H groups in total. The van der Waals surface area contributed by atoms with Gasteiger partial charge in [0.1, 0.15) is 0 Å². The van der Waals surface area contributed by atoms with Crippen molar-refractivity contribution in [3.05, 3.63) is 47.3 Å². The Morgan fingerprint density at radius 2 is 2.04 bits per heavy atom. The van der Waals surface area contributed by atoms with Crippen LogP contribution in [-0.4, -0.2) is 38.7 Å². The standard InChI is InChI=1S/C19H21N5O3S/c1-3-13(2)14-6-8-15(9-7-14)20-17(25)12-27-18(26)11-24-22-19(21-23-24)16-5-4-10-28-16/h4-10,13H,3,11-12H2,1-2H3,(H,20,25)/t13-/m1/s1. The van der Waals surface area contributed by atoms with Crippen molar-refractivity contribution < 1.29 is 14.3 Å². The Balaban J connectivity index is 1.44. The van der Waals surface area contributed by atoms with Crippen LogP contribution >= 0.6 is 11.3 Å². The number of carbonyl (C=O) groups excluding carboxylic acids is 2. The number of thiophene rings is 1. The molecular formula is C19H21N5O3S. The molecule has 1 aromatic carbocycles. The van der Waals surface area contributed by atoms with Gasteiger partial charge in [0.25, 0.3) is 5.91 Å². The fraction of sp³-hybridized carbons (Fsp3) is 0.316. The molecule has 2 heterocycles. The van der Waals surface area contributed by atoms with Crippen LogP contribution in [-0.2, 0) is 20.9 Å². The van der Waals surface area contributed by atoms with Gasteiger partial charge in [-0.3, -0.25) is 4.79 Å². The number of hydrogen-bond acceptors (Lipinski definition) is 7. The number of esters is 1. The average molecular weight is 399 g/mol. The number of aromatic nitrogens is 4. The van der Waals surface area contributed by atoms with Crippen molar-refractivity contribution in [1.29, 1.82) is 0 Å². The van der Waals surface area contributed by atoms with Gasteiger partial charge in [-0.05, 0) is 46.7 Å². The Kier molecular flexibility index (Phi) is 6.49. The third kappa shape index (κ3) is 5.23. The van der Waals surface area contributed by atoms with Crippen LogP contribution < -0.4 is 5.32 Å². The van der Waals surface area contributed by atoms with E-state index in [4.69, 9.17) is 4.74 Å². The molecular weight excluding hydrogens is 378 g/mol. The smallest absolute Gasteiger partial charge is 0.330 e. The number of ether oxygens (including phenoxy) is 1. The highest BCUT2D eigenvalue weighted by Gasteiger charge is 2.13. The van der Waals surface area contributed by atoms with Gasteiger partial charge in [-0.15, -0.1) is 21.5 Å². The molecule has 0 saturated carbocycles. The van der Waals surface area contributed by atoms with Crippen LogP contribution in [0.15, 0.2) is 41.8 Å². The molecule has 1 atom stereocenters. The Morgan fingerprint density at radius 1 is 1.25 bits per heavy atom. The molecule has 0 aliphatic carbocycles. The van der Waals surface area contributed by atoms with Gasteiger partial charge in [0.05, 0.1) is 4.88 Å². The minimum Gasteiger partial charge on any atom is -0.454 e. The predicted molar refractivity (Wildman–Crippen MR) is 106 cm³/mol. The zero-order chi connectivity index (χ0) is 19.9. The minimum absolute atomic E-state index is 0.213. The second-order valence-electron chi connectivity index (χ2n) is 6.26. The van der Waals surface area contributed by atoms with Crippen LogP contribution in [0.25, 0.3) is 10.7 Å². The Labute approximate surface area is 166 Å². The second kappa shape index (κ2) is 9.23. The zero-order valence-corrected chi connectivity index (χ0v) is 16.5. The molecule has 3 rings (SSSR count). The van der Waals surface area contributed by atoms with Crippen LogP contribution in [0.5, 0.6) is 0 Å². The average Bonchev–Trinajstić information content (AvgIpc) is 3.38. The van der Waals surface area contributed by atoms with E-state index in [9.17, 15) is 9.59 Å². The Hall–Kier alpha value is -3.07. The lowest BCUT2D eigenvalue weighted by Crippen LogP contribution is -2.23. The lowest BCUT2D eigenvalue weighted by molar-refractivity contribution is -0.148. The fourth-order valence-corrected chi connectivity index (χ4v) is 3.10. The number of tetrazole rings is 1. The summed E-state index contributed by atoms with van der Waals surface area (Å²) in [6.07, 6.45) is 1.05. The number of carbonyl (C=O) groups is 2. The normalized spacial score (nSPS) is 11.8. The highest BCUT2D eigenvalue weighted by molar-refractivity contribution is 7.13. The van der Waals surface area contributed by atoms with Crippen LogP contribution in [0.1, 0.15) is 31.7 Å². The summed E-state index contributed by atoms with van der Waals surface area (Å²) in [5, 5.41) is 16.4. The van der Waals surface area contributed by atoms with Gasteiger partial charge in [0.2, 0.25) is 5.82 Å². The highest BCUT2D eigenvalue weighted by atomic mass is 32.1. The molecule has 0 aliphatic heterocycles. The van der Waals surface area contributed by atoms with Crippen molar-refractivity contribution >= 4 is 28.9 Å². The lowest BCUT2D eigenvalue weighted by atomic mass is 9.99. The summed E-state index contributed by atoms with van der Waals surface area (Å²) in [5.74, 6) is -0.106. The van der Waals surface area contributed by atoms with Crippen LogP contribution in [0.4, 0.5) is 5.69 Å². The molecule has 28 heavy (non-hydrogen) atoms. The second-order valence-corrected chi connectivity index (χ2v) is 7.21. The number of anilines is 1. The molecule has 0 unspecified atom stereocenters. The van der Waals surface area contributed by atoms with E-state index in [2.05, 4.69) is 34.6 Å². The number of amides is 1. The van der Waals surface area contributed by atoms with E-state index in [-0.39, 0.29) is 13.2 Å². The fourth-order valence-electron chi connectivity index (χ4n) is 2.45. The van der Waals surface area contributed by atoms with Crippen LogP contribution in [0, 0.1) is 0 Å². The molecule has 0 radical (unpaired) electrons. The molecule has 1 amide bonds. The molecule has 8 nitrogen and oxygen atoms in total. The molecule has 0 spiro atoms. The summed E-state index contributed by atoms with van der Waals surface area (Å²) < 4.78 is 4.98. The zero-order valence-electron chi connectivity index (χ0n) is 15.7. The molecule has 9 heteroatoms. The third-order valence-electron chi connectivity index (χ3n) is 4.21. The van der Waals surface area contributed by atoms with E-state index < -0.39 is 11.9 Å². The maximum atomic E-state index is 12.0. The summed E-state index contributed by atoms with van der Waals surface area (Å²) in [6, 6.07) is 11.4. The monoisotopic (exact) mass is 399 g/mol. The highest BCUT2D eigenvalue weighted by Crippen LogP contribution is 2.20. The SMILES string of the molecule is CC[C@@H](C)c1ccc(NC(=O)COC(=O)Cn2nnc(-c3cccs3)n2)cc1. The van der Waals surface area contributed by atoms with Crippen molar-refractivity contribution in [2.45, 2.75) is 32.7 Å². The number of hydrogen-bond donors (Lipinski definition) is 1. The quantitative estimate of drug-likeness (QED) is 0.585. The molecule has 0 fully saturated rings. The lowest BCUT2D eigenvalue weighted by Gasteiger charge is -2.10. The molecule has 0 bridgehead atoms. The van der Waals surface area contributed by atoms with Crippen molar-refractivity contribution in [2.75, 3.05) is 11.9 Å². The first kappa shape index (κ1) is 19.7. The number of nitrogens with zero attached hydrogens (tertiary/aromatic N) is 4. The van der Waals surface area contributed by atoms with Crippen molar-refractivity contribution in [2.24, 2.45) is 0 Å². The largest absolute Gasteiger partial charge is 0.454 e. The number of rotatable bonds is 8. The Bertz CT molecular complexity index is 921. The molecule has 2 aromatic heterocycles. The van der Waals surface area contributed by atoms with Crippen LogP contribution in [0.2, 0.25) is 0 Å². The van der Waals surface area contributed by atoms with Crippen LogP contribution in [0.3, 0.4) is 0 Å². The van der Waals surface area contributed by atoms with E-state index in [0.29, 0.717) is 17.4 Å². The van der Waals surface area contributed by atoms with Crippen molar-refractivity contribution in [1.82, 2.24) is 20.2 Å². The number of nitrogens with one attached hydrogen (secondary N) is 1. The summed E-state index contributed by atoms with van der Waals surface area (Å²) in [6.45, 7) is 3.70. The topological polar surface area (TPSA) is 99.0 Å². The summed E-state index contributed by atoms with van der Waals surface area (Å²) in [7, 11) is 0. The molecule has 146 valence electrons. The van der Waals surface area contributed by atoms with E-state index in [1.165, 1.54) is 16.9 Å². The van der Waals surface area contributed by atoms with Gasteiger partial charge in [0, 0.05) is 5.69 Å². The third-order valence-corrected chi connectivity index (χ3v) is 5.07. The first-order valence-electron chi connectivity index (χ1n) is 8.92. The van der Waals surface area contributed by atoms with E-state index in [0.717, 1.165) is 16.1 Å². The van der Waals surface area contributed by atoms with E-state index in [1.807, 2.05) is 41.8 Å². The summed E-state index contributed by atoms with van der Waals surface area (Å²) in [5.41, 5.74) is 1.88. The summed E-state index contributed by atoms with van der Waals surface area (Å²) >= 11 is 1.48. The van der Waals surface area contributed by atoms with Gasteiger partial charge < -0.3 is 10.1 Å². The van der Waals surface area contributed by atoms with Gasteiger partial charge in [-0.2, -0.15) is 4.80 Å². The maximum absolute atomic E-state index is 12.0. The van der Waals surface area contributed by atoms with Gasteiger partial charge in [-0.1, -0.05) is 32.0 Å². The van der Waals surface area contributed by atoms with Gasteiger partial charge in [-0.25, -0.2) is 4.79 Å². The Morgan fingerprint density at radius 3 is 2.71 bits per heavy atom. The van der Waals surface area contributed by atoms with Gasteiger partial charge >= 0.3 is 5.97 Å². The predicted octanol–water partition coefficient (Wildman–Crippen LogP) is 3.10. The minimum atomic E-state index is -0.614.